The maximum Gasteiger partial charge on any atom is 0.271 e. The minimum absolute atomic E-state index is 0.103. The maximum atomic E-state index is 12.7. The Morgan fingerprint density at radius 2 is 2.19 bits per heavy atom. The fraction of sp³-hybridized carbons (Fsp3) is 0.500. The zero-order chi connectivity index (χ0) is 15.6. The van der Waals surface area contributed by atoms with E-state index < -0.39 is 14.9 Å². The van der Waals surface area contributed by atoms with E-state index in [2.05, 4.69) is 5.32 Å². The molecule has 0 bridgehead atoms. The van der Waals surface area contributed by atoms with E-state index in [4.69, 9.17) is 4.74 Å². The molecule has 1 N–H and O–H groups in total. The van der Waals surface area contributed by atoms with Crippen LogP contribution < -0.4 is 10.1 Å². The quantitative estimate of drug-likeness (QED) is 0.644. The van der Waals surface area contributed by atoms with Crippen molar-refractivity contribution in [2.45, 2.75) is 17.9 Å². The van der Waals surface area contributed by atoms with Crippen molar-refractivity contribution in [1.29, 1.82) is 0 Å². The van der Waals surface area contributed by atoms with Crippen molar-refractivity contribution in [3.05, 3.63) is 28.3 Å². The number of nitro groups is 1. The number of piperazine rings is 1. The Labute approximate surface area is 122 Å². The van der Waals surface area contributed by atoms with Crippen LogP contribution in [0.1, 0.15) is 6.92 Å². The van der Waals surface area contributed by atoms with E-state index >= 15 is 0 Å². The van der Waals surface area contributed by atoms with Gasteiger partial charge < -0.3 is 10.1 Å². The first-order chi connectivity index (χ1) is 9.87. The molecule has 1 unspecified atom stereocenters. The van der Waals surface area contributed by atoms with Gasteiger partial charge in [-0.2, -0.15) is 4.31 Å². The van der Waals surface area contributed by atoms with E-state index in [1.807, 2.05) is 0 Å². The molecule has 1 aliphatic rings. The van der Waals surface area contributed by atoms with Crippen LogP contribution in [0.4, 0.5) is 5.69 Å². The van der Waals surface area contributed by atoms with Crippen LogP contribution >= 0.6 is 0 Å². The summed E-state index contributed by atoms with van der Waals surface area (Å²) in [5.74, 6) is 0.103. The van der Waals surface area contributed by atoms with Gasteiger partial charge in [0.2, 0.25) is 10.0 Å². The molecule has 0 saturated carbocycles. The van der Waals surface area contributed by atoms with Crippen LogP contribution in [0, 0.1) is 10.1 Å². The molecule has 1 aromatic carbocycles. The summed E-state index contributed by atoms with van der Waals surface area (Å²) in [6.45, 7) is 3.18. The third-order valence-electron chi connectivity index (χ3n) is 3.38. The second kappa shape index (κ2) is 5.96. The first-order valence-electron chi connectivity index (χ1n) is 6.43. The average molecular weight is 315 g/mol. The van der Waals surface area contributed by atoms with Crippen molar-refractivity contribution in [3.63, 3.8) is 0 Å². The van der Waals surface area contributed by atoms with E-state index in [1.165, 1.54) is 23.5 Å². The van der Waals surface area contributed by atoms with Crippen molar-refractivity contribution in [1.82, 2.24) is 9.62 Å². The van der Waals surface area contributed by atoms with Gasteiger partial charge in [0.1, 0.15) is 10.6 Å². The second-order valence-electron chi connectivity index (χ2n) is 4.76. The van der Waals surface area contributed by atoms with E-state index in [-0.39, 0.29) is 22.4 Å². The number of benzene rings is 1. The fourth-order valence-corrected chi connectivity index (χ4v) is 4.09. The summed E-state index contributed by atoms with van der Waals surface area (Å²) >= 11 is 0. The Morgan fingerprint density at radius 1 is 1.48 bits per heavy atom. The molecule has 0 radical (unpaired) electrons. The van der Waals surface area contributed by atoms with Gasteiger partial charge in [0.25, 0.3) is 5.69 Å². The normalized spacial score (nSPS) is 20.2. The lowest BCUT2D eigenvalue weighted by Crippen LogP contribution is -2.52. The Kier molecular flexibility index (Phi) is 4.45. The summed E-state index contributed by atoms with van der Waals surface area (Å²) in [6, 6.07) is 3.34. The molecule has 1 atom stereocenters. The topological polar surface area (TPSA) is 102 Å². The fourth-order valence-electron chi connectivity index (χ4n) is 2.29. The molecule has 116 valence electrons. The first kappa shape index (κ1) is 15.7. The molecule has 1 aliphatic heterocycles. The summed E-state index contributed by atoms with van der Waals surface area (Å²) in [7, 11) is -2.51. The predicted molar refractivity (Wildman–Crippen MR) is 75.9 cm³/mol. The van der Waals surface area contributed by atoms with Crippen LogP contribution in [0.3, 0.4) is 0 Å². The van der Waals surface area contributed by atoms with Crippen LogP contribution in [0.5, 0.6) is 5.75 Å². The summed E-state index contributed by atoms with van der Waals surface area (Å²) in [6.07, 6.45) is 0. The number of hydrogen-bond acceptors (Lipinski definition) is 6. The molecule has 1 aromatic rings. The molecule has 0 spiro atoms. The maximum absolute atomic E-state index is 12.7. The zero-order valence-corrected chi connectivity index (χ0v) is 12.6. The molecule has 9 heteroatoms. The van der Waals surface area contributed by atoms with Crippen LogP contribution in [-0.4, -0.2) is 50.4 Å². The molecule has 0 aromatic heterocycles. The van der Waals surface area contributed by atoms with Crippen molar-refractivity contribution >= 4 is 15.7 Å². The summed E-state index contributed by atoms with van der Waals surface area (Å²) in [5.41, 5.74) is -0.280. The predicted octanol–water partition coefficient (Wildman–Crippen LogP) is 0.586. The first-order valence-corrected chi connectivity index (χ1v) is 7.87. The lowest BCUT2D eigenvalue weighted by Gasteiger charge is -2.33. The van der Waals surface area contributed by atoms with Gasteiger partial charge in [-0.05, 0) is 13.0 Å². The molecule has 0 amide bonds. The van der Waals surface area contributed by atoms with Gasteiger partial charge in [-0.3, -0.25) is 10.1 Å². The number of non-ortho nitro benzene ring substituents is 1. The van der Waals surface area contributed by atoms with Gasteiger partial charge in [-0.1, -0.05) is 0 Å². The van der Waals surface area contributed by atoms with Crippen molar-refractivity contribution in [3.8, 4) is 5.75 Å². The largest absolute Gasteiger partial charge is 0.495 e. The van der Waals surface area contributed by atoms with Crippen LogP contribution in [-0.2, 0) is 10.0 Å². The lowest BCUT2D eigenvalue weighted by molar-refractivity contribution is -0.385. The summed E-state index contributed by atoms with van der Waals surface area (Å²) in [4.78, 5) is 10.1. The molecule has 21 heavy (non-hydrogen) atoms. The highest BCUT2D eigenvalue weighted by molar-refractivity contribution is 7.89. The van der Waals surface area contributed by atoms with Gasteiger partial charge >= 0.3 is 0 Å². The van der Waals surface area contributed by atoms with Gasteiger partial charge in [0, 0.05) is 37.8 Å². The molecule has 2 rings (SSSR count). The second-order valence-corrected chi connectivity index (χ2v) is 6.62. The number of nitrogens with one attached hydrogen (secondary N) is 1. The number of sulfonamides is 1. The summed E-state index contributed by atoms with van der Waals surface area (Å²) in [5, 5.41) is 14.0. The molecular weight excluding hydrogens is 298 g/mol. The number of methoxy groups -OCH3 is 1. The molecule has 0 aliphatic carbocycles. The van der Waals surface area contributed by atoms with E-state index in [9.17, 15) is 18.5 Å². The monoisotopic (exact) mass is 315 g/mol. The zero-order valence-electron chi connectivity index (χ0n) is 11.8. The number of nitro benzene ring substituents is 1. The van der Waals surface area contributed by atoms with Crippen LogP contribution in [0.15, 0.2) is 23.1 Å². The molecule has 1 heterocycles. The molecule has 1 fully saturated rings. The molecule has 8 nitrogen and oxygen atoms in total. The van der Waals surface area contributed by atoms with Crippen molar-refractivity contribution < 1.29 is 18.1 Å². The highest BCUT2D eigenvalue weighted by Crippen LogP contribution is 2.31. The Morgan fingerprint density at radius 3 is 2.76 bits per heavy atom. The number of nitrogens with zero attached hydrogens (tertiary/aromatic N) is 2. The standard InChI is InChI=1S/C12H17N3O5S/c1-9-8-13-5-6-14(9)21(18,19)12-7-10(15(16)17)3-4-11(12)20-2/h3-4,7,9,13H,5-6,8H2,1-2H3. The minimum atomic E-state index is -3.85. The Balaban J connectivity index is 2.52. The van der Waals surface area contributed by atoms with E-state index in [0.717, 1.165) is 6.07 Å². The smallest absolute Gasteiger partial charge is 0.271 e. The van der Waals surface area contributed by atoms with Crippen molar-refractivity contribution in [2.24, 2.45) is 0 Å². The summed E-state index contributed by atoms with van der Waals surface area (Å²) < 4.78 is 31.9. The molecular formula is C12H17N3O5S. The van der Waals surface area contributed by atoms with Gasteiger partial charge in [0.15, 0.2) is 0 Å². The molecule has 1 saturated heterocycles. The van der Waals surface area contributed by atoms with Crippen LogP contribution in [0.25, 0.3) is 0 Å². The van der Waals surface area contributed by atoms with E-state index in [1.54, 1.807) is 6.92 Å². The van der Waals surface area contributed by atoms with E-state index in [0.29, 0.717) is 19.6 Å². The Bertz CT molecular complexity index is 646. The van der Waals surface area contributed by atoms with Gasteiger partial charge in [0.05, 0.1) is 12.0 Å². The SMILES string of the molecule is COc1ccc([N+](=O)[O-])cc1S(=O)(=O)N1CCNCC1C. The third kappa shape index (κ3) is 2.99. The Hall–Kier alpha value is -1.71. The van der Waals surface area contributed by atoms with Gasteiger partial charge in [-0.15, -0.1) is 0 Å². The third-order valence-corrected chi connectivity index (χ3v) is 5.42. The average Bonchev–Trinajstić information content (AvgIpc) is 2.46. The number of ether oxygens (including phenoxy) is 1. The number of rotatable bonds is 4. The van der Waals surface area contributed by atoms with Gasteiger partial charge in [-0.25, -0.2) is 8.42 Å². The minimum Gasteiger partial charge on any atom is -0.495 e. The van der Waals surface area contributed by atoms with Crippen LogP contribution in [0.2, 0.25) is 0 Å². The lowest BCUT2D eigenvalue weighted by atomic mass is 10.3. The highest BCUT2D eigenvalue weighted by atomic mass is 32.2. The highest BCUT2D eigenvalue weighted by Gasteiger charge is 2.34. The van der Waals surface area contributed by atoms with Crippen molar-refractivity contribution in [2.75, 3.05) is 26.7 Å². The number of hydrogen-bond donors (Lipinski definition) is 1.